The normalized spacial score (nSPS) is 46.1. The molecule has 4 aliphatic rings. The molecule has 3 fully saturated rings. The van der Waals surface area contributed by atoms with Crippen LogP contribution in [0, 0.1) is 17.8 Å². The Labute approximate surface area is 317 Å². The van der Waals surface area contributed by atoms with Gasteiger partial charge in [-0.1, -0.05) is 20.8 Å². The zero-order valence-electron chi connectivity index (χ0n) is 34.8. The first-order valence-corrected chi connectivity index (χ1v) is 19.5. The Kier molecular flexibility index (Phi) is 14.0. The van der Waals surface area contributed by atoms with Crippen molar-refractivity contribution in [1.82, 2.24) is 4.90 Å². The van der Waals surface area contributed by atoms with Gasteiger partial charge in [0.2, 0.25) is 0 Å². The van der Waals surface area contributed by atoms with Gasteiger partial charge in [0.1, 0.15) is 35.8 Å². The molecule has 13 heteroatoms. The lowest BCUT2D eigenvalue weighted by Crippen LogP contribution is -2.61. The van der Waals surface area contributed by atoms with E-state index in [0.29, 0.717) is 30.6 Å². The van der Waals surface area contributed by atoms with Crippen molar-refractivity contribution < 1.29 is 57.7 Å². The molecule has 4 heterocycles. The van der Waals surface area contributed by atoms with E-state index in [0.717, 1.165) is 0 Å². The molecule has 16 atom stereocenters. The van der Waals surface area contributed by atoms with Crippen molar-refractivity contribution in [3.63, 3.8) is 0 Å². The number of rotatable bonds is 9. The number of fused-ring (bicyclic) bond motifs is 2. The van der Waals surface area contributed by atoms with Gasteiger partial charge in [0.25, 0.3) is 0 Å². The van der Waals surface area contributed by atoms with Crippen molar-refractivity contribution in [2.45, 2.75) is 193 Å². The zero-order chi connectivity index (χ0) is 40.0. The summed E-state index contributed by atoms with van der Waals surface area (Å²) in [4.78, 5) is 30.8. The third-order valence-electron chi connectivity index (χ3n) is 12.8. The van der Waals surface area contributed by atoms with Crippen LogP contribution in [-0.2, 0) is 47.5 Å². The number of Topliss-reactive ketones (excluding diaryl/α,β-unsaturated/α-hetero) is 1. The predicted molar refractivity (Wildman–Crippen MR) is 197 cm³/mol. The fourth-order valence-corrected chi connectivity index (χ4v) is 9.07. The molecule has 0 aliphatic carbocycles. The number of cyclic esters (lactones) is 1. The number of allylic oxidation sites excluding steroid dienone is 1. The summed E-state index contributed by atoms with van der Waals surface area (Å²) < 4.78 is 51.1. The molecule has 0 aromatic heterocycles. The second kappa shape index (κ2) is 16.8. The number of carbonyl (C=O) groups excluding carboxylic acids is 2. The molecule has 0 spiro atoms. The Morgan fingerprint density at radius 2 is 1.60 bits per heavy atom. The number of ketones is 1. The van der Waals surface area contributed by atoms with Gasteiger partial charge in [-0.15, -0.1) is 0 Å². The van der Waals surface area contributed by atoms with E-state index < -0.39 is 83.8 Å². The minimum atomic E-state index is -1.50. The number of methoxy groups -OCH3 is 2. The van der Waals surface area contributed by atoms with Crippen molar-refractivity contribution in [3.05, 3.63) is 11.3 Å². The zero-order valence-corrected chi connectivity index (χ0v) is 34.8. The summed E-state index contributed by atoms with van der Waals surface area (Å²) in [6.45, 7) is 22.5. The van der Waals surface area contributed by atoms with E-state index in [-0.39, 0.29) is 36.3 Å². The molecular weight excluding hydrogens is 686 g/mol. The van der Waals surface area contributed by atoms with Crippen LogP contribution in [0.1, 0.15) is 109 Å². The Bertz CT molecular complexity index is 1330. The maximum atomic E-state index is 14.3. The maximum Gasteiger partial charge on any atom is 0.311 e. The minimum absolute atomic E-state index is 0.165. The molecule has 0 aromatic carbocycles. The van der Waals surface area contributed by atoms with Crippen LogP contribution >= 0.6 is 0 Å². The van der Waals surface area contributed by atoms with Gasteiger partial charge in [-0.2, -0.15) is 0 Å². The van der Waals surface area contributed by atoms with Crippen molar-refractivity contribution in [1.29, 1.82) is 0 Å². The van der Waals surface area contributed by atoms with Crippen LogP contribution in [0.3, 0.4) is 0 Å². The molecule has 0 saturated carbocycles. The van der Waals surface area contributed by atoms with Gasteiger partial charge >= 0.3 is 5.97 Å². The first-order chi connectivity index (χ1) is 24.6. The molecule has 4 rings (SSSR count). The summed E-state index contributed by atoms with van der Waals surface area (Å²) in [5.41, 5.74) is -3.16. The van der Waals surface area contributed by atoms with Crippen LogP contribution in [0.5, 0.6) is 0 Å². The van der Waals surface area contributed by atoms with Crippen LogP contribution < -0.4 is 0 Å². The molecule has 0 radical (unpaired) electrons. The lowest BCUT2D eigenvalue weighted by molar-refractivity contribution is -0.317. The van der Waals surface area contributed by atoms with Crippen LogP contribution in [0.15, 0.2) is 11.3 Å². The van der Waals surface area contributed by atoms with Gasteiger partial charge in [-0.3, -0.25) is 14.5 Å². The smallest absolute Gasteiger partial charge is 0.311 e. The number of aliphatic hydroxyl groups excluding tert-OH is 2. The Balaban J connectivity index is 1.88. The highest BCUT2D eigenvalue weighted by Gasteiger charge is 2.56. The number of aliphatic hydroxyl groups is 2. The lowest BCUT2D eigenvalue weighted by atomic mass is 9.78. The SMILES string of the molecule is CC[C@H]1OC(=O)[C@H](C)[C@@H](O[C@H]2C[C@@](C)(OC)[C@@H](O)[C@H](C)O2)[C@H](C)[C@@H](O[C@@H]2O[C@H](C)C[C@H](N(C)C(C)C)[C@H]2O)[C@@]2(C)CC(C)C(=C(C)C(=O)[C@]1(C)OC)O2. The second-order valence-corrected chi connectivity index (χ2v) is 17.1. The fourth-order valence-electron chi connectivity index (χ4n) is 9.07. The van der Waals surface area contributed by atoms with E-state index in [1.807, 2.05) is 41.7 Å². The predicted octanol–water partition coefficient (Wildman–Crippen LogP) is 4.53. The van der Waals surface area contributed by atoms with Gasteiger partial charge in [0.05, 0.1) is 29.8 Å². The number of esters is 1. The van der Waals surface area contributed by atoms with Crippen LogP contribution in [0.2, 0.25) is 0 Å². The maximum absolute atomic E-state index is 14.3. The molecule has 306 valence electrons. The number of hydrogen-bond donors (Lipinski definition) is 2. The average molecular weight is 756 g/mol. The summed E-state index contributed by atoms with van der Waals surface area (Å²) >= 11 is 0. The van der Waals surface area contributed by atoms with Crippen LogP contribution in [0.4, 0.5) is 0 Å². The number of hydrogen-bond acceptors (Lipinski definition) is 13. The van der Waals surface area contributed by atoms with E-state index in [2.05, 4.69) is 18.7 Å². The first-order valence-electron chi connectivity index (χ1n) is 19.5. The molecule has 3 saturated heterocycles. The summed E-state index contributed by atoms with van der Waals surface area (Å²) in [5, 5.41) is 22.8. The molecule has 0 amide bonds. The molecule has 4 aliphatic heterocycles. The van der Waals surface area contributed by atoms with E-state index in [1.54, 1.807) is 34.6 Å². The molecule has 2 N–H and O–H groups in total. The Morgan fingerprint density at radius 1 is 0.962 bits per heavy atom. The number of ether oxygens (including phenoxy) is 8. The van der Waals surface area contributed by atoms with Gasteiger partial charge < -0.3 is 48.1 Å². The van der Waals surface area contributed by atoms with Gasteiger partial charge in [-0.05, 0) is 88.6 Å². The van der Waals surface area contributed by atoms with E-state index in [9.17, 15) is 19.8 Å². The molecular formula is C40H69NO12. The van der Waals surface area contributed by atoms with E-state index in [1.165, 1.54) is 14.2 Å². The Hall–Kier alpha value is -1.68. The van der Waals surface area contributed by atoms with Crippen molar-refractivity contribution in [2.75, 3.05) is 21.3 Å². The van der Waals surface area contributed by atoms with E-state index >= 15 is 0 Å². The topological polar surface area (TPSA) is 152 Å². The first kappa shape index (κ1) is 44.0. The highest BCUT2D eigenvalue weighted by atomic mass is 16.7. The summed E-state index contributed by atoms with van der Waals surface area (Å²) in [6.07, 6.45) is -5.77. The molecule has 13 nitrogen and oxygen atoms in total. The number of carbonyl (C=O) groups is 2. The highest BCUT2D eigenvalue weighted by Crippen LogP contribution is 2.48. The van der Waals surface area contributed by atoms with Gasteiger partial charge in [0, 0.05) is 50.1 Å². The summed E-state index contributed by atoms with van der Waals surface area (Å²) in [7, 11) is 4.97. The van der Waals surface area contributed by atoms with Crippen LogP contribution in [0.25, 0.3) is 0 Å². The Morgan fingerprint density at radius 3 is 2.17 bits per heavy atom. The largest absolute Gasteiger partial charge is 0.488 e. The fraction of sp³-hybridized carbons (Fsp3) is 0.900. The third-order valence-corrected chi connectivity index (χ3v) is 12.8. The quantitative estimate of drug-likeness (QED) is 0.318. The highest BCUT2D eigenvalue weighted by molar-refractivity contribution is 6.02. The minimum Gasteiger partial charge on any atom is -0.488 e. The van der Waals surface area contributed by atoms with Gasteiger partial charge in [-0.25, -0.2) is 0 Å². The molecule has 53 heavy (non-hydrogen) atoms. The molecule has 2 bridgehead atoms. The van der Waals surface area contributed by atoms with E-state index in [4.69, 9.17) is 37.9 Å². The summed E-state index contributed by atoms with van der Waals surface area (Å²) in [6, 6.07) is -0.0765. The van der Waals surface area contributed by atoms with Crippen molar-refractivity contribution in [2.24, 2.45) is 17.8 Å². The van der Waals surface area contributed by atoms with Crippen molar-refractivity contribution >= 4 is 11.8 Å². The number of likely N-dealkylation sites (N-methyl/N-ethyl adjacent to an activating group) is 1. The van der Waals surface area contributed by atoms with Crippen molar-refractivity contribution in [3.8, 4) is 0 Å². The standard InChI is InChI=1S/C40H69NO12/c1-16-28-40(12,47-15)33(43)23(6)31-21(4)18-39(11,53-31)35(52-37-30(42)27(17-22(5)48-37)41(13)20(2)3)24(7)32(25(8)36(45)50-28)51-29-19-38(10,46-14)34(44)26(9)49-29/h20-22,24-30,32,34-35,37,42,44H,16-19H2,1-15H3/t21?,22-,24+,25-,26+,27+,28-,29+,30-,32+,34+,35-,37+,38-,39-,40-/m1/s1. The lowest BCUT2D eigenvalue weighted by Gasteiger charge is -2.49. The third kappa shape index (κ3) is 8.54. The monoisotopic (exact) mass is 755 g/mol. The number of nitrogens with zero attached hydrogens (tertiary/aromatic N) is 1. The molecule has 0 aromatic rings. The second-order valence-electron chi connectivity index (χ2n) is 17.1. The average Bonchev–Trinajstić information content (AvgIpc) is 3.43. The van der Waals surface area contributed by atoms with Gasteiger partial charge in [0.15, 0.2) is 24.0 Å². The molecule has 1 unspecified atom stereocenters. The van der Waals surface area contributed by atoms with Crippen LogP contribution in [-0.4, -0.2) is 132 Å². The summed E-state index contributed by atoms with van der Waals surface area (Å²) in [5.74, 6) is -2.11.